The van der Waals surface area contributed by atoms with Gasteiger partial charge in [0.2, 0.25) is 11.8 Å². The molecule has 118 valence electrons. The molecule has 0 radical (unpaired) electrons. The number of nitrogens with two attached hydrogens (primary N) is 1. The van der Waals surface area contributed by atoms with Crippen molar-refractivity contribution in [2.45, 2.75) is 33.7 Å². The monoisotopic (exact) mass is 313 g/mol. The first kappa shape index (κ1) is 19.4. The van der Waals surface area contributed by atoms with Crippen LogP contribution in [-0.4, -0.2) is 17.9 Å². The van der Waals surface area contributed by atoms with E-state index in [4.69, 9.17) is 5.73 Å². The number of amides is 2. The molecule has 0 aliphatic rings. The lowest BCUT2D eigenvalue weighted by Gasteiger charge is -2.15. The fourth-order valence-corrected chi connectivity index (χ4v) is 1.45. The summed E-state index contributed by atoms with van der Waals surface area (Å²) < 4.78 is 0. The SMILES string of the molecule is CC(C)C(=O)Nc1ccc(NC(=O)[C@@H](N)C(C)C)cc1.Cl. The van der Waals surface area contributed by atoms with E-state index in [9.17, 15) is 9.59 Å². The zero-order valence-electron chi connectivity index (χ0n) is 12.8. The summed E-state index contributed by atoms with van der Waals surface area (Å²) in [5, 5.41) is 5.54. The van der Waals surface area contributed by atoms with Crippen LogP contribution in [-0.2, 0) is 9.59 Å². The Morgan fingerprint density at radius 2 is 1.29 bits per heavy atom. The Hall–Kier alpha value is -1.59. The van der Waals surface area contributed by atoms with Crippen molar-refractivity contribution in [1.29, 1.82) is 0 Å². The van der Waals surface area contributed by atoms with Gasteiger partial charge in [0.05, 0.1) is 6.04 Å². The molecule has 1 atom stereocenters. The first-order valence-electron chi connectivity index (χ1n) is 6.78. The van der Waals surface area contributed by atoms with E-state index in [1.807, 2.05) is 27.7 Å². The van der Waals surface area contributed by atoms with Gasteiger partial charge in [0.1, 0.15) is 0 Å². The fraction of sp³-hybridized carbons (Fsp3) is 0.467. The molecule has 0 fully saturated rings. The van der Waals surface area contributed by atoms with Gasteiger partial charge in [-0.1, -0.05) is 27.7 Å². The summed E-state index contributed by atoms with van der Waals surface area (Å²) in [6.07, 6.45) is 0. The van der Waals surface area contributed by atoms with E-state index in [1.165, 1.54) is 0 Å². The maximum absolute atomic E-state index is 11.8. The van der Waals surface area contributed by atoms with Crippen LogP contribution >= 0.6 is 12.4 Å². The Balaban J connectivity index is 0.00000400. The maximum Gasteiger partial charge on any atom is 0.241 e. The molecule has 1 aromatic rings. The molecule has 1 aromatic carbocycles. The molecule has 2 amide bonds. The van der Waals surface area contributed by atoms with Crippen LogP contribution in [0.15, 0.2) is 24.3 Å². The van der Waals surface area contributed by atoms with Crippen molar-refractivity contribution in [1.82, 2.24) is 0 Å². The third-order valence-corrected chi connectivity index (χ3v) is 2.97. The number of carbonyl (C=O) groups is 2. The zero-order chi connectivity index (χ0) is 15.3. The molecule has 0 aromatic heterocycles. The van der Waals surface area contributed by atoms with Crippen molar-refractivity contribution in [2.75, 3.05) is 10.6 Å². The summed E-state index contributed by atoms with van der Waals surface area (Å²) in [5.41, 5.74) is 7.13. The minimum atomic E-state index is -0.532. The van der Waals surface area contributed by atoms with Gasteiger partial charge in [-0.15, -0.1) is 12.4 Å². The van der Waals surface area contributed by atoms with Gasteiger partial charge in [0.15, 0.2) is 0 Å². The van der Waals surface area contributed by atoms with Crippen LogP contribution in [0, 0.1) is 11.8 Å². The number of carbonyl (C=O) groups excluding carboxylic acids is 2. The summed E-state index contributed by atoms with van der Waals surface area (Å²) in [5.74, 6) is -0.236. The summed E-state index contributed by atoms with van der Waals surface area (Å²) >= 11 is 0. The quantitative estimate of drug-likeness (QED) is 0.781. The van der Waals surface area contributed by atoms with Crippen LogP contribution in [0.5, 0.6) is 0 Å². The number of hydrogen-bond acceptors (Lipinski definition) is 3. The number of halogens is 1. The summed E-state index contributed by atoms with van der Waals surface area (Å²) in [7, 11) is 0. The second kappa shape index (κ2) is 8.64. The largest absolute Gasteiger partial charge is 0.326 e. The smallest absolute Gasteiger partial charge is 0.241 e. The van der Waals surface area contributed by atoms with Crippen molar-refractivity contribution in [3.8, 4) is 0 Å². The fourth-order valence-electron chi connectivity index (χ4n) is 1.45. The average molecular weight is 314 g/mol. The molecule has 6 heteroatoms. The second-order valence-electron chi connectivity index (χ2n) is 5.48. The van der Waals surface area contributed by atoms with Crippen molar-refractivity contribution in [2.24, 2.45) is 17.6 Å². The number of anilines is 2. The molecule has 0 spiro atoms. The Morgan fingerprint density at radius 3 is 1.62 bits per heavy atom. The van der Waals surface area contributed by atoms with Gasteiger partial charge in [0.25, 0.3) is 0 Å². The highest BCUT2D eigenvalue weighted by atomic mass is 35.5. The predicted octanol–water partition coefficient (Wildman–Crippen LogP) is 2.62. The summed E-state index contributed by atoms with van der Waals surface area (Å²) in [4.78, 5) is 23.3. The molecule has 4 N–H and O–H groups in total. The molecule has 0 heterocycles. The topological polar surface area (TPSA) is 84.2 Å². The number of nitrogens with one attached hydrogen (secondary N) is 2. The van der Waals surface area contributed by atoms with Crippen LogP contribution in [0.2, 0.25) is 0 Å². The normalized spacial score (nSPS) is 11.8. The van der Waals surface area contributed by atoms with Gasteiger partial charge in [-0.2, -0.15) is 0 Å². The molecule has 1 rings (SSSR count). The Bertz CT molecular complexity index is 472. The molecule has 0 saturated heterocycles. The molecule has 0 saturated carbocycles. The van der Waals surface area contributed by atoms with Crippen LogP contribution in [0.4, 0.5) is 11.4 Å². The van der Waals surface area contributed by atoms with Gasteiger partial charge in [-0.25, -0.2) is 0 Å². The van der Waals surface area contributed by atoms with E-state index in [0.29, 0.717) is 11.4 Å². The van der Waals surface area contributed by atoms with Crippen LogP contribution < -0.4 is 16.4 Å². The predicted molar refractivity (Wildman–Crippen MR) is 88.6 cm³/mol. The van der Waals surface area contributed by atoms with E-state index in [2.05, 4.69) is 10.6 Å². The van der Waals surface area contributed by atoms with Gasteiger partial charge in [-0.05, 0) is 30.2 Å². The number of rotatable bonds is 5. The molecule has 21 heavy (non-hydrogen) atoms. The van der Waals surface area contributed by atoms with E-state index in [-0.39, 0.29) is 36.1 Å². The zero-order valence-corrected chi connectivity index (χ0v) is 13.7. The molecular formula is C15H24ClN3O2. The van der Waals surface area contributed by atoms with Crippen molar-refractivity contribution < 1.29 is 9.59 Å². The molecule has 0 bridgehead atoms. The first-order chi connectivity index (χ1) is 9.31. The van der Waals surface area contributed by atoms with Gasteiger partial charge >= 0.3 is 0 Å². The van der Waals surface area contributed by atoms with Crippen molar-refractivity contribution in [3.05, 3.63) is 24.3 Å². The Labute approximate surface area is 132 Å². The highest BCUT2D eigenvalue weighted by Crippen LogP contribution is 2.15. The number of benzene rings is 1. The molecule has 5 nitrogen and oxygen atoms in total. The van der Waals surface area contributed by atoms with Crippen molar-refractivity contribution in [3.63, 3.8) is 0 Å². The van der Waals surface area contributed by atoms with Gasteiger partial charge < -0.3 is 16.4 Å². The molecule has 0 unspecified atom stereocenters. The first-order valence-corrected chi connectivity index (χ1v) is 6.78. The van der Waals surface area contributed by atoms with E-state index < -0.39 is 6.04 Å². The lowest BCUT2D eigenvalue weighted by atomic mass is 10.0. The minimum absolute atomic E-state index is 0. The Kier molecular flexibility index (Phi) is 7.99. The maximum atomic E-state index is 11.8. The van der Waals surface area contributed by atoms with E-state index in [1.54, 1.807) is 24.3 Å². The highest BCUT2D eigenvalue weighted by Gasteiger charge is 2.17. The third kappa shape index (κ3) is 6.14. The lowest BCUT2D eigenvalue weighted by Crippen LogP contribution is -2.39. The van der Waals surface area contributed by atoms with E-state index in [0.717, 1.165) is 0 Å². The molecular weight excluding hydrogens is 290 g/mol. The van der Waals surface area contributed by atoms with Crippen molar-refractivity contribution >= 4 is 35.6 Å². The van der Waals surface area contributed by atoms with Gasteiger partial charge in [0, 0.05) is 17.3 Å². The summed E-state index contributed by atoms with van der Waals surface area (Å²) in [6.45, 7) is 7.46. The third-order valence-electron chi connectivity index (χ3n) is 2.97. The van der Waals surface area contributed by atoms with Crippen LogP contribution in [0.3, 0.4) is 0 Å². The van der Waals surface area contributed by atoms with Crippen LogP contribution in [0.1, 0.15) is 27.7 Å². The molecule has 0 aliphatic heterocycles. The molecule has 0 aliphatic carbocycles. The Morgan fingerprint density at radius 1 is 0.905 bits per heavy atom. The average Bonchev–Trinajstić information content (AvgIpc) is 2.39. The second-order valence-corrected chi connectivity index (χ2v) is 5.48. The van der Waals surface area contributed by atoms with Crippen LogP contribution in [0.25, 0.3) is 0 Å². The van der Waals surface area contributed by atoms with E-state index >= 15 is 0 Å². The number of hydrogen-bond donors (Lipinski definition) is 3. The standard InChI is InChI=1S/C15H23N3O2.ClH/c1-9(2)13(16)15(20)18-12-7-5-11(6-8-12)17-14(19)10(3)4;/h5-10,13H,16H2,1-4H3,(H,17,19)(H,18,20);1H/t13-;/m0./s1. The minimum Gasteiger partial charge on any atom is -0.326 e. The highest BCUT2D eigenvalue weighted by molar-refractivity contribution is 5.95. The summed E-state index contributed by atoms with van der Waals surface area (Å²) in [6, 6.07) is 6.44. The lowest BCUT2D eigenvalue weighted by molar-refractivity contribution is -0.119. The van der Waals surface area contributed by atoms with Gasteiger partial charge in [-0.3, -0.25) is 9.59 Å².